The number of nitrogens with zero attached hydrogens (tertiary/aromatic N) is 1. The lowest BCUT2D eigenvalue weighted by molar-refractivity contribution is 0.0943. The number of ether oxygens (including phenoxy) is 3. The molecule has 22 heavy (non-hydrogen) atoms. The van der Waals surface area contributed by atoms with Crippen LogP contribution >= 0.6 is 0 Å². The maximum Gasteiger partial charge on any atom is 0.269 e. The van der Waals surface area contributed by atoms with Crippen molar-refractivity contribution in [2.45, 2.75) is 6.42 Å². The zero-order valence-electron chi connectivity index (χ0n) is 12.2. The molecule has 1 aliphatic heterocycles. The summed E-state index contributed by atoms with van der Waals surface area (Å²) in [7, 11) is 1.63. The van der Waals surface area contributed by atoms with Gasteiger partial charge in [0.15, 0.2) is 11.5 Å². The summed E-state index contributed by atoms with van der Waals surface area (Å²) in [5, 5.41) is 9.72. The first-order chi connectivity index (χ1) is 10.8. The SMILES string of the molecule is COCCCNC(=O)c1cc(-c2ccc3c(c2)OCO3)n[nH]1. The molecule has 0 saturated carbocycles. The summed E-state index contributed by atoms with van der Waals surface area (Å²) in [6.45, 7) is 1.41. The number of fused-ring (bicyclic) bond motifs is 1. The molecule has 0 fully saturated rings. The Hall–Kier alpha value is -2.54. The zero-order chi connectivity index (χ0) is 15.4. The molecule has 1 aromatic carbocycles. The molecule has 0 bridgehead atoms. The Morgan fingerprint density at radius 1 is 1.36 bits per heavy atom. The van der Waals surface area contributed by atoms with Crippen LogP contribution in [0.15, 0.2) is 24.3 Å². The van der Waals surface area contributed by atoms with Crippen LogP contribution in [0.3, 0.4) is 0 Å². The van der Waals surface area contributed by atoms with E-state index in [1.165, 1.54) is 0 Å². The molecule has 7 heteroatoms. The maximum absolute atomic E-state index is 12.0. The van der Waals surface area contributed by atoms with Gasteiger partial charge >= 0.3 is 0 Å². The molecule has 7 nitrogen and oxygen atoms in total. The van der Waals surface area contributed by atoms with E-state index < -0.39 is 0 Å². The van der Waals surface area contributed by atoms with Crippen LogP contribution in [-0.4, -0.2) is 43.2 Å². The number of hydrogen-bond donors (Lipinski definition) is 2. The van der Waals surface area contributed by atoms with E-state index in [2.05, 4.69) is 15.5 Å². The van der Waals surface area contributed by atoms with Gasteiger partial charge in [0.1, 0.15) is 5.69 Å². The lowest BCUT2D eigenvalue weighted by atomic mass is 10.1. The molecule has 0 spiro atoms. The Bertz CT molecular complexity index is 669. The molecule has 2 heterocycles. The second-order valence-corrected chi connectivity index (χ2v) is 4.84. The van der Waals surface area contributed by atoms with Gasteiger partial charge in [-0.25, -0.2) is 0 Å². The fourth-order valence-electron chi connectivity index (χ4n) is 2.16. The number of amides is 1. The molecule has 2 N–H and O–H groups in total. The smallest absolute Gasteiger partial charge is 0.269 e. The van der Waals surface area contributed by atoms with Gasteiger partial charge in [-0.2, -0.15) is 5.10 Å². The fourth-order valence-corrected chi connectivity index (χ4v) is 2.16. The molecule has 0 radical (unpaired) electrons. The third kappa shape index (κ3) is 3.04. The van der Waals surface area contributed by atoms with Gasteiger partial charge in [-0.3, -0.25) is 9.89 Å². The van der Waals surface area contributed by atoms with Gasteiger partial charge in [-0.05, 0) is 30.7 Å². The van der Waals surface area contributed by atoms with Crippen molar-refractivity contribution in [3.63, 3.8) is 0 Å². The number of hydrogen-bond acceptors (Lipinski definition) is 5. The average molecular weight is 303 g/mol. The van der Waals surface area contributed by atoms with Gasteiger partial charge < -0.3 is 19.5 Å². The van der Waals surface area contributed by atoms with E-state index in [1.54, 1.807) is 13.2 Å². The molecular formula is C15H17N3O4. The maximum atomic E-state index is 12.0. The lowest BCUT2D eigenvalue weighted by Crippen LogP contribution is -2.25. The van der Waals surface area contributed by atoms with Gasteiger partial charge in [0.05, 0.1) is 5.69 Å². The number of methoxy groups -OCH3 is 1. The molecule has 0 unspecified atom stereocenters. The quantitative estimate of drug-likeness (QED) is 0.791. The molecule has 2 aromatic rings. The highest BCUT2D eigenvalue weighted by atomic mass is 16.7. The number of H-pyrrole nitrogens is 1. The van der Waals surface area contributed by atoms with E-state index in [4.69, 9.17) is 14.2 Å². The molecule has 0 saturated heterocycles. The molecule has 0 atom stereocenters. The van der Waals surface area contributed by atoms with Crippen molar-refractivity contribution in [1.29, 1.82) is 0 Å². The lowest BCUT2D eigenvalue weighted by Gasteiger charge is -2.02. The topological polar surface area (TPSA) is 85.5 Å². The first-order valence-electron chi connectivity index (χ1n) is 7.00. The third-order valence-electron chi connectivity index (χ3n) is 3.30. The van der Waals surface area contributed by atoms with Gasteiger partial charge in [-0.15, -0.1) is 0 Å². The third-order valence-corrected chi connectivity index (χ3v) is 3.30. The van der Waals surface area contributed by atoms with Crippen molar-refractivity contribution in [2.75, 3.05) is 27.1 Å². The highest BCUT2D eigenvalue weighted by Gasteiger charge is 2.16. The van der Waals surface area contributed by atoms with Crippen LogP contribution in [0.4, 0.5) is 0 Å². The minimum atomic E-state index is -0.185. The fraction of sp³-hybridized carbons (Fsp3) is 0.333. The number of benzene rings is 1. The number of nitrogens with one attached hydrogen (secondary N) is 2. The summed E-state index contributed by atoms with van der Waals surface area (Å²) >= 11 is 0. The Labute approximate surface area is 127 Å². The summed E-state index contributed by atoms with van der Waals surface area (Å²) < 4.78 is 15.5. The highest BCUT2D eigenvalue weighted by Crippen LogP contribution is 2.35. The van der Waals surface area contributed by atoms with E-state index >= 15 is 0 Å². The summed E-state index contributed by atoms with van der Waals surface area (Å²) in [5.41, 5.74) is 1.96. The Morgan fingerprint density at radius 2 is 2.23 bits per heavy atom. The molecule has 116 valence electrons. The number of rotatable bonds is 6. The van der Waals surface area contributed by atoms with Crippen molar-refractivity contribution in [1.82, 2.24) is 15.5 Å². The minimum Gasteiger partial charge on any atom is -0.454 e. The van der Waals surface area contributed by atoms with Crippen LogP contribution in [0.5, 0.6) is 11.5 Å². The second kappa shape index (κ2) is 6.48. The van der Waals surface area contributed by atoms with Gasteiger partial charge in [0.25, 0.3) is 5.91 Å². The largest absolute Gasteiger partial charge is 0.454 e. The van der Waals surface area contributed by atoms with Crippen LogP contribution in [0, 0.1) is 0 Å². The number of carbonyl (C=O) groups excluding carboxylic acids is 1. The van der Waals surface area contributed by atoms with Crippen LogP contribution in [0.1, 0.15) is 16.9 Å². The first-order valence-corrected chi connectivity index (χ1v) is 7.00. The van der Waals surface area contributed by atoms with Crippen LogP contribution in [0.2, 0.25) is 0 Å². The zero-order valence-corrected chi connectivity index (χ0v) is 12.2. The van der Waals surface area contributed by atoms with Gasteiger partial charge in [-0.1, -0.05) is 0 Å². The van der Waals surface area contributed by atoms with Gasteiger partial charge in [0.2, 0.25) is 6.79 Å². The molecule has 1 aromatic heterocycles. The summed E-state index contributed by atoms with van der Waals surface area (Å²) in [5.74, 6) is 1.22. The number of aromatic amines is 1. The molecule has 0 aliphatic carbocycles. The Kier molecular flexibility index (Phi) is 4.24. The van der Waals surface area contributed by atoms with Crippen LogP contribution in [-0.2, 0) is 4.74 Å². The Morgan fingerprint density at radius 3 is 3.09 bits per heavy atom. The predicted molar refractivity (Wildman–Crippen MR) is 79.0 cm³/mol. The van der Waals surface area contributed by atoms with E-state index in [0.29, 0.717) is 30.3 Å². The number of aromatic nitrogens is 2. The summed E-state index contributed by atoms with van der Waals surface area (Å²) in [6.07, 6.45) is 0.769. The van der Waals surface area contributed by atoms with Crippen molar-refractivity contribution in [2.24, 2.45) is 0 Å². The summed E-state index contributed by atoms with van der Waals surface area (Å²) in [6, 6.07) is 7.27. The normalized spacial score (nSPS) is 12.4. The Balaban J connectivity index is 1.67. The van der Waals surface area contributed by atoms with Crippen LogP contribution < -0.4 is 14.8 Å². The van der Waals surface area contributed by atoms with E-state index in [1.807, 2.05) is 18.2 Å². The number of carbonyl (C=O) groups is 1. The van der Waals surface area contributed by atoms with Crippen molar-refractivity contribution >= 4 is 5.91 Å². The van der Waals surface area contributed by atoms with Crippen molar-refractivity contribution in [3.8, 4) is 22.8 Å². The van der Waals surface area contributed by atoms with Crippen molar-refractivity contribution < 1.29 is 19.0 Å². The average Bonchev–Trinajstić information content (AvgIpc) is 3.19. The highest BCUT2D eigenvalue weighted by molar-refractivity contribution is 5.93. The second-order valence-electron chi connectivity index (χ2n) is 4.84. The molecular weight excluding hydrogens is 286 g/mol. The van der Waals surface area contributed by atoms with Crippen LogP contribution in [0.25, 0.3) is 11.3 Å². The summed E-state index contributed by atoms with van der Waals surface area (Å²) in [4.78, 5) is 12.0. The molecule has 3 rings (SSSR count). The van der Waals surface area contributed by atoms with E-state index in [9.17, 15) is 4.79 Å². The van der Waals surface area contributed by atoms with Gasteiger partial charge in [0, 0.05) is 25.8 Å². The standard InChI is InChI=1S/C15H17N3O4/c1-20-6-2-5-16-15(19)12-8-11(17-18-12)10-3-4-13-14(7-10)22-9-21-13/h3-4,7-8H,2,5-6,9H2,1H3,(H,16,19)(H,17,18). The van der Waals surface area contributed by atoms with E-state index in [0.717, 1.165) is 17.7 Å². The first kappa shape index (κ1) is 14.4. The predicted octanol–water partition coefficient (Wildman–Crippen LogP) is 1.57. The molecule has 1 amide bonds. The van der Waals surface area contributed by atoms with Crippen molar-refractivity contribution in [3.05, 3.63) is 30.0 Å². The monoisotopic (exact) mass is 303 g/mol. The molecule has 1 aliphatic rings. The minimum absolute atomic E-state index is 0.185. The van der Waals surface area contributed by atoms with E-state index in [-0.39, 0.29) is 12.7 Å².